The van der Waals surface area contributed by atoms with Gasteiger partial charge in [0.2, 0.25) is 5.91 Å². The second-order valence-corrected chi connectivity index (χ2v) is 9.80. The Morgan fingerprint density at radius 3 is 2.43 bits per heavy atom. The van der Waals surface area contributed by atoms with Crippen molar-refractivity contribution in [1.29, 1.82) is 0 Å². The predicted octanol–water partition coefficient (Wildman–Crippen LogP) is 2.03. The van der Waals surface area contributed by atoms with Crippen molar-refractivity contribution in [2.75, 3.05) is 33.2 Å². The van der Waals surface area contributed by atoms with Crippen molar-refractivity contribution in [2.24, 2.45) is 5.92 Å². The quantitative estimate of drug-likeness (QED) is 0.731. The number of hydrogen-bond donors (Lipinski definition) is 0. The van der Waals surface area contributed by atoms with Crippen LogP contribution in [0.5, 0.6) is 0 Å². The highest BCUT2D eigenvalue weighted by molar-refractivity contribution is 5.79. The second-order valence-electron chi connectivity index (χ2n) is 9.80. The lowest BCUT2D eigenvalue weighted by Crippen LogP contribution is -2.43. The predicted molar refractivity (Wildman–Crippen MR) is 111 cm³/mol. The zero-order valence-electron chi connectivity index (χ0n) is 18.6. The summed E-state index contributed by atoms with van der Waals surface area (Å²) in [6, 6.07) is -0.00789. The van der Waals surface area contributed by atoms with E-state index in [-0.39, 0.29) is 24.0 Å². The summed E-state index contributed by atoms with van der Waals surface area (Å²) >= 11 is 0. The van der Waals surface area contributed by atoms with Crippen LogP contribution in [0, 0.1) is 5.92 Å². The Kier molecular flexibility index (Phi) is 5.74. The van der Waals surface area contributed by atoms with E-state index < -0.39 is 5.60 Å². The second kappa shape index (κ2) is 8.17. The van der Waals surface area contributed by atoms with Gasteiger partial charge in [0.25, 0.3) is 0 Å². The SMILES string of the molecule is CN1CCC(C(=O)N2CCCC2c2nnc3n2CCN(C(=O)OC(C)(C)C)C3)CC1. The number of nitrogens with zero attached hydrogens (tertiary/aromatic N) is 6. The number of fused-ring (bicyclic) bond motifs is 1. The first-order chi connectivity index (χ1) is 14.2. The average molecular weight is 419 g/mol. The molecule has 0 saturated carbocycles. The van der Waals surface area contributed by atoms with Crippen molar-refractivity contribution >= 4 is 12.0 Å². The smallest absolute Gasteiger partial charge is 0.410 e. The molecule has 2 amide bonds. The molecule has 1 unspecified atom stereocenters. The van der Waals surface area contributed by atoms with E-state index in [0.717, 1.165) is 57.0 Å². The van der Waals surface area contributed by atoms with Crippen LogP contribution in [0.4, 0.5) is 4.79 Å². The number of rotatable bonds is 2. The minimum atomic E-state index is -0.522. The molecule has 1 aromatic rings. The van der Waals surface area contributed by atoms with Crippen molar-refractivity contribution in [3.8, 4) is 0 Å². The minimum Gasteiger partial charge on any atom is -0.444 e. The molecular weight excluding hydrogens is 384 g/mol. The molecule has 4 rings (SSSR count). The molecule has 3 aliphatic rings. The summed E-state index contributed by atoms with van der Waals surface area (Å²) in [6.07, 6.45) is 3.46. The van der Waals surface area contributed by atoms with E-state index in [9.17, 15) is 9.59 Å². The molecule has 0 spiro atoms. The van der Waals surface area contributed by atoms with Gasteiger partial charge in [0.1, 0.15) is 5.60 Å². The van der Waals surface area contributed by atoms with E-state index in [1.165, 1.54) is 0 Å². The topological polar surface area (TPSA) is 83.8 Å². The summed E-state index contributed by atoms with van der Waals surface area (Å²) in [5.74, 6) is 2.02. The first-order valence-corrected chi connectivity index (χ1v) is 11.1. The van der Waals surface area contributed by atoms with E-state index in [2.05, 4.69) is 26.7 Å². The van der Waals surface area contributed by atoms with Gasteiger partial charge in [-0.1, -0.05) is 0 Å². The summed E-state index contributed by atoms with van der Waals surface area (Å²) in [5, 5.41) is 8.84. The van der Waals surface area contributed by atoms with Gasteiger partial charge in [-0.3, -0.25) is 9.69 Å². The lowest BCUT2D eigenvalue weighted by Gasteiger charge is -2.34. The van der Waals surface area contributed by atoms with Crippen LogP contribution in [0.2, 0.25) is 0 Å². The Balaban J connectivity index is 1.45. The number of aromatic nitrogens is 3. The van der Waals surface area contributed by atoms with Crippen LogP contribution in [0.3, 0.4) is 0 Å². The Labute approximate surface area is 178 Å². The summed E-state index contributed by atoms with van der Waals surface area (Å²) in [6.45, 7) is 9.93. The van der Waals surface area contributed by atoms with Gasteiger partial charge >= 0.3 is 6.09 Å². The lowest BCUT2D eigenvalue weighted by atomic mass is 9.95. The number of hydrogen-bond acceptors (Lipinski definition) is 6. The maximum atomic E-state index is 13.2. The van der Waals surface area contributed by atoms with Crippen LogP contribution < -0.4 is 0 Å². The highest BCUT2D eigenvalue weighted by Gasteiger charge is 2.39. The summed E-state index contributed by atoms with van der Waals surface area (Å²) in [4.78, 5) is 31.7. The third-order valence-corrected chi connectivity index (χ3v) is 6.34. The summed E-state index contributed by atoms with van der Waals surface area (Å²) in [5.41, 5.74) is -0.522. The first kappa shape index (κ1) is 21.1. The van der Waals surface area contributed by atoms with Crippen molar-refractivity contribution in [3.63, 3.8) is 0 Å². The Bertz CT molecular complexity index is 793. The number of piperidine rings is 1. The third-order valence-electron chi connectivity index (χ3n) is 6.34. The molecule has 166 valence electrons. The molecule has 2 saturated heterocycles. The van der Waals surface area contributed by atoms with Crippen molar-refractivity contribution < 1.29 is 14.3 Å². The molecule has 0 N–H and O–H groups in total. The molecule has 2 fully saturated rings. The van der Waals surface area contributed by atoms with Gasteiger partial charge < -0.3 is 19.1 Å². The molecule has 0 bridgehead atoms. The number of ether oxygens (including phenoxy) is 1. The molecule has 9 heteroatoms. The van der Waals surface area contributed by atoms with E-state index in [1.807, 2.05) is 25.7 Å². The maximum absolute atomic E-state index is 13.2. The normalized spacial score (nSPS) is 23.5. The van der Waals surface area contributed by atoms with Crippen LogP contribution >= 0.6 is 0 Å². The third kappa shape index (κ3) is 4.31. The number of carbonyl (C=O) groups is 2. The zero-order valence-corrected chi connectivity index (χ0v) is 18.6. The molecule has 0 radical (unpaired) electrons. The molecule has 0 aromatic carbocycles. The highest BCUT2D eigenvalue weighted by Crippen LogP contribution is 2.34. The minimum absolute atomic E-state index is 0.00789. The molecule has 3 aliphatic heterocycles. The van der Waals surface area contributed by atoms with Crippen molar-refractivity contribution in [3.05, 3.63) is 11.6 Å². The van der Waals surface area contributed by atoms with Gasteiger partial charge in [0.15, 0.2) is 11.6 Å². The first-order valence-electron chi connectivity index (χ1n) is 11.1. The van der Waals surface area contributed by atoms with Crippen molar-refractivity contribution in [1.82, 2.24) is 29.5 Å². The van der Waals surface area contributed by atoms with E-state index >= 15 is 0 Å². The average Bonchev–Trinajstić information content (AvgIpc) is 3.32. The van der Waals surface area contributed by atoms with Gasteiger partial charge in [0.05, 0.1) is 12.6 Å². The maximum Gasteiger partial charge on any atom is 0.410 e. The van der Waals surface area contributed by atoms with E-state index in [0.29, 0.717) is 19.6 Å². The fourth-order valence-electron chi connectivity index (χ4n) is 4.70. The van der Waals surface area contributed by atoms with Gasteiger partial charge in [0, 0.05) is 25.6 Å². The van der Waals surface area contributed by atoms with Gasteiger partial charge in [-0.2, -0.15) is 0 Å². The molecule has 4 heterocycles. The summed E-state index contributed by atoms with van der Waals surface area (Å²) < 4.78 is 7.60. The number of carbonyl (C=O) groups excluding carboxylic acids is 2. The lowest BCUT2D eigenvalue weighted by molar-refractivity contribution is -0.138. The van der Waals surface area contributed by atoms with E-state index in [1.54, 1.807) is 4.90 Å². The van der Waals surface area contributed by atoms with Gasteiger partial charge in [-0.15, -0.1) is 10.2 Å². The fraction of sp³-hybridized carbons (Fsp3) is 0.810. The van der Waals surface area contributed by atoms with Crippen LogP contribution in [0.15, 0.2) is 0 Å². The highest BCUT2D eigenvalue weighted by atomic mass is 16.6. The molecule has 1 atom stereocenters. The Morgan fingerprint density at radius 2 is 1.73 bits per heavy atom. The van der Waals surface area contributed by atoms with Crippen LogP contribution in [-0.2, 0) is 22.6 Å². The van der Waals surface area contributed by atoms with Crippen molar-refractivity contribution in [2.45, 2.75) is 71.2 Å². The van der Waals surface area contributed by atoms with Gasteiger partial charge in [-0.25, -0.2) is 4.79 Å². The van der Waals surface area contributed by atoms with Gasteiger partial charge in [-0.05, 0) is 66.6 Å². The zero-order chi connectivity index (χ0) is 21.5. The molecular formula is C21H34N6O3. The standard InChI is InChI=1S/C21H34N6O3/c1-21(2,3)30-20(29)25-12-13-27-17(14-25)22-23-18(27)16-6-5-9-26(16)19(28)15-7-10-24(4)11-8-15/h15-16H,5-14H2,1-4H3. The molecule has 30 heavy (non-hydrogen) atoms. The Hall–Kier alpha value is -2.16. The Morgan fingerprint density at radius 1 is 1.00 bits per heavy atom. The number of likely N-dealkylation sites (tertiary alicyclic amines) is 2. The number of amides is 2. The van der Waals surface area contributed by atoms with E-state index in [4.69, 9.17) is 4.74 Å². The fourth-order valence-corrected chi connectivity index (χ4v) is 4.70. The summed E-state index contributed by atoms with van der Waals surface area (Å²) in [7, 11) is 2.11. The van der Waals surface area contributed by atoms with Crippen LogP contribution in [0.1, 0.15) is 64.1 Å². The van der Waals surface area contributed by atoms with Crippen LogP contribution in [-0.4, -0.2) is 80.3 Å². The molecule has 9 nitrogen and oxygen atoms in total. The monoisotopic (exact) mass is 418 g/mol. The largest absolute Gasteiger partial charge is 0.444 e. The molecule has 1 aromatic heterocycles. The van der Waals surface area contributed by atoms with Crippen LogP contribution in [0.25, 0.3) is 0 Å². The molecule has 0 aliphatic carbocycles.